The van der Waals surface area contributed by atoms with Gasteiger partial charge in [-0.05, 0) is 75.6 Å². The number of nitrogens with one attached hydrogen (secondary N) is 1. The van der Waals surface area contributed by atoms with Gasteiger partial charge in [0, 0.05) is 13.1 Å². The third-order valence-corrected chi connectivity index (χ3v) is 8.36. The van der Waals surface area contributed by atoms with Crippen molar-refractivity contribution >= 4 is 25.7 Å². The fourth-order valence-corrected chi connectivity index (χ4v) is 6.31. The Balaban J connectivity index is 2.03. The van der Waals surface area contributed by atoms with E-state index in [1.54, 1.807) is 13.8 Å². The van der Waals surface area contributed by atoms with Gasteiger partial charge in [-0.3, -0.25) is 4.72 Å². The second-order valence-corrected chi connectivity index (χ2v) is 11.4. The topological polar surface area (TPSA) is 92.8 Å². The Kier molecular flexibility index (Phi) is 6.92. The van der Waals surface area contributed by atoms with Gasteiger partial charge >= 0.3 is 0 Å². The molecule has 0 unspecified atom stereocenters. The van der Waals surface area contributed by atoms with Crippen molar-refractivity contribution in [3.8, 4) is 5.75 Å². The van der Waals surface area contributed by atoms with Crippen molar-refractivity contribution in [1.82, 2.24) is 4.31 Å². The average Bonchev–Trinajstić information content (AvgIpc) is 2.69. The summed E-state index contributed by atoms with van der Waals surface area (Å²) >= 11 is 0. The Labute approximate surface area is 183 Å². The number of halogens is 1. The van der Waals surface area contributed by atoms with Gasteiger partial charge in [-0.1, -0.05) is 6.42 Å². The number of piperidine rings is 1. The van der Waals surface area contributed by atoms with E-state index in [2.05, 4.69) is 4.72 Å². The molecule has 7 nitrogen and oxygen atoms in total. The first-order chi connectivity index (χ1) is 14.5. The summed E-state index contributed by atoms with van der Waals surface area (Å²) in [6, 6.07) is 7.50. The number of sulfonamides is 2. The zero-order valence-electron chi connectivity index (χ0n) is 17.8. The summed E-state index contributed by atoms with van der Waals surface area (Å²) in [6.07, 6.45) is 2.30. The normalized spacial score (nSPS) is 15.8. The van der Waals surface area contributed by atoms with E-state index in [-0.39, 0.29) is 32.9 Å². The zero-order chi connectivity index (χ0) is 22.8. The molecule has 0 radical (unpaired) electrons. The molecule has 0 saturated carbocycles. The van der Waals surface area contributed by atoms with Crippen LogP contribution in [0.25, 0.3) is 0 Å². The summed E-state index contributed by atoms with van der Waals surface area (Å²) in [4.78, 5) is -0.118. The summed E-state index contributed by atoms with van der Waals surface area (Å²) < 4.78 is 75.1. The lowest BCUT2D eigenvalue weighted by Gasteiger charge is -2.26. The van der Waals surface area contributed by atoms with E-state index in [0.29, 0.717) is 13.1 Å². The van der Waals surface area contributed by atoms with Crippen molar-refractivity contribution in [3.05, 3.63) is 47.8 Å². The molecule has 0 bridgehead atoms. The van der Waals surface area contributed by atoms with E-state index in [0.717, 1.165) is 31.4 Å². The lowest BCUT2D eigenvalue weighted by atomic mass is 10.2. The van der Waals surface area contributed by atoms with Crippen molar-refractivity contribution in [3.63, 3.8) is 0 Å². The molecule has 31 heavy (non-hydrogen) atoms. The summed E-state index contributed by atoms with van der Waals surface area (Å²) in [5.41, 5.74) is 0.242. The molecule has 1 fully saturated rings. The van der Waals surface area contributed by atoms with Gasteiger partial charge in [-0.15, -0.1) is 0 Å². The number of aryl methyl sites for hydroxylation is 1. The van der Waals surface area contributed by atoms with Crippen LogP contribution < -0.4 is 9.46 Å². The first kappa shape index (κ1) is 23.5. The van der Waals surface area contributed by atoms with Crippen molar-refractivity contribution in [1.29, 1.82) is 0 Å². The van der Waals surface area contributed by atoms with E-state index >= 15 is 0 Å². The molecule has 0 amide bonds. The van der Waals surface area contributed by atoms with Gasteiger partial charge in [0.2, 0.25) is 10.0 Å². The molecule has 1 heterocycles. The largest absolute Gasteiger partial charge is 0.489 e. The highest BCUT2D eigenvalue weighted by atomic mass is 32.2. The van der Waals surface area contributed by atoms with Crippen LogP contribution in [0.2, 0.25) is 0 Å². The van der Waals surface area contributed by atoms with Crippen molar-refractivity contribution in [2.45, 2.75) is 55.9 Å². The van der Waals surface area contributed by atoms with Gasteiger partial charge in [-0.2, -0.15) is 4.31 Å². The SMILES string of the molecule is Cc1cc(F)ccc1S(=O)(=O)Nc1cc(S(=O)(=O)N2CCCCC2)ccc1OC(C)C. The Hall–Kier alpha value is -2.17. The molecule has 1 aliphatic heterocycles. The van der Waals surface area contributed by atoms with E-state index in [1.165, 1.54) is 35.5 Å². The maximum absolute atomic E-state index is 13.4. The number of anilines is 1. The molecule has 3 rings (SSSR count). The highest BCUT2D eigenvalue weighted by Crippen LogP contribution is 2.33. The van der Waals surface area contributed by atoms with Crippen LogP contribution in [0.15, 0.2) is 46.2 Å². The highest BCUT2D eigenvalue weighted by Gasteiger charge is 2.28. The van der Waals surface area contributed by atoms with Gasteiger partial charge in [0.05, 0.1) is 21.6 Å². The molecule has 0 aliphatic carbocycles. The van der Waals surface area contributed by atoms with Crippen molar-refractivity contribution in [2.24, 2.45) is 0 Å². The molecule has 2 aromatic rings. The fraction of sp³-hybridized carbons (Fsp3) is 0.429. The Bertz CT molecular complexity index is 1160. The molecule has 170 valence electrons. The van der Waals surface area contributed by atoms with Gasteiger partial charge in [-0.25, -0.2) is 21.2 Å². The molecule has 0 aromatic heterocycles. The third-order valence-electron chi connectivity index (χ3n) is 4.94. The van der Waals surface area contributed by atoms with Crippen LogP contribution in [0.1, 0.15) is 38.7 Å². The molecule has 1 aliphatic rings. The maximum Gasteiger partial charge on any atom is 0.262 e. The number of hydrogen-bond donors (Lipinski definition) is 1. The average molecular weight is 471 g/mol. The number of benzene rings is 2. The van der Waals surface area contributed by atoms with Crippen LogP contribution >= 0.6 is 0 Å². The second kappa shape index (κ2) is 9.13. The zero-order valence-corrected chi connectivity index (χ0v) is 19.4. The maximum atomic E-state index is 13.4. The summed E-state index contributed by atoms with van der Waals surface area (Å²) in [5, 5.41) is 0. The number of rotatable bonds is 7. The van der Waals surface area contributed by atoms with Crippen molar-refractivity contribution < 1.29 is 26.0 Å². The van der Waals surface area contributed by atoms with E-state index in [9.17, 15) is 21.2 Å². The van der Waals surface area contributed by atoms with E-state index in [4.69, 9.17) is 4.74 Å². The standard InChI is InChI=1S/C21H27FN2O5S2/c1-15(2)29-20-9-8-18(31(27,28)24-11-5-4-6-12-24)14-19(20)23-30(25,26)21-10-7-17(22)13-16(21)3/h7-10,13-15,23H,4-6,11-12H2,1-3H3. The van der Waals surface area contributed by atoms with Crippen molar-refractivity contribution in [2.75, 3.05) is 17.8 Å². The van der Waals surface area contributed by atoms with Crippen LogP contribution in [0, 0.1) is 12.7 Å². The molecule has 1 N–H and O–H groups in total. The fourth-order valence-electron chi connectivity index (χ4n) is 3.47. The van der Waals surface area contributed by atoms with Crippen LogP contribution in [0.5, 0.6) is 5.75 Å². The Morgan fingerprint density at radius 3 is 2.29 bits per heavy atom. The Morgan fingerprint density at radius 2 is 1.68 bits per heavy atom. The van der Waals surface area contributed by atoms with E-state index in [1.807, 2.05) is 0 Å². The smallest absolute Gasteiger partial charge is 0.262 e. The lowest BCUT2D eigenvalue weighted by molar-refractivity contribution is 0.243. The minimum atomic E-state index is -4.11. The van der Waals surface area contributed by atoms with E-state index < -0.39 is 25.9 Å². The second-order valence-electron chi connectivity index (χ2n) is 7.80. The molecule has 10 heteroatoms. The van der Waals surface area contributed by atoms with Gasteiger partial charge < -0.3 is 4.74 Å². The predicted octanol–water partition coefficient (Wildman–Crippen LogP) is 3.90. The highest BCUT2D eigenvalue weighted by molar-refractivity contribution is 7.92. The summed E-state index contributed by atoms with van der Waals surface area (Å²) in [6.45, 7) is 5.91. The number of nitrogens with zero attached hydrogens (tertiary/aromatic N) is 1. The molecular formula is C21H27FN2O5S2. The van der Waals surface area contributed by atoms with Crippen LogP contribution in [-0.2, 0) is 20.0 Å². The quantitative estimate of drug-likeness (QED) is 0.663. The van der Waals surface area contributed by atoms with Gasteiger partial charge in [0.15, 0.2) is 0 Å². The monoisotopic (exact) mass is 470 g/mol. The molecule has 0 atom stereocenters. The summed E-state index contributed by atoms with van der Waals surface area (Å²) in [5.74, 6) is -0.342. The molecular weight excluding hydrogens is 443 g/mol. The van der Waals surface area contributed by atoms with Gasteiger partial charge in [0.1, 0.15) is 11.6 Å². The predicted molar refractivity (Wildman–Crippen MR) is 117 cm³/mol. The minimum Gasteiger partial charge on any atom is -0.489 e. The van der Waals surface area contributed by atoms with Crippen LogP contribution in [-0.4, -0.2) is 40.3 Å². The van der Waals surface area contributed by atoms with Crippen LogP contribution in [0.4, 0.5) is 10.1 Å². The van der Waals surface area contributed by atoms with Crippen LogP contribution in [0.3, 0.4) is 0 Å². The van der Waals surface area contributed by atoms with Gasteiger partial charge in [0.25, 0.3) is 10.0 Å². The number of ether oxygens (including phenoxy) is 1. The lowest BCUT2D eigenvalue weighted by Crippen LogP contribution is -2.35. The molecule has 0 spiro atoms. The third kappa shape index (κ3) is 5.36. The molecule has 1 saturated heterocycles. The minimum absolute atomic E-state index is 0.00973. The first-order valence-corrected chi connectivity index (χ1v) is 13.0. The summed E-state index contributed by atoms with van der Waals surface area (Å²) in [7, 11) is -7.88. The number of hydrogen-bond acceptors (Lipinski definition) is 5. The molecule has 2 aromatic carbocycles. The Morgan fingerprint density at radius 1 is 1.00 bits per heavy atom. The first-order valence-electron chi connectivity index (χ1n) is 10.1.